The molecule has 2 saturated heterocycles. The summed E-state index contributed by atoms with van der Waals surface area (Å²) in [7, 11) is 0. The van der Waals surface area contributed by atoms with E-state index in [1.165, 1.54) is 0 Å². The first-order valence-electron chi connectivity index (χ1n) is 4.97. The van der Waals surface area contributed by atoms with E-state index in [0.717, 1.165) is 19.4 Å². The van der Waals surface area contributed by atoms with Gasteiger partial charge in [0.1, 0.15) is 5.54 Å². The summed E-state index contributed by atoms with van der Waals surface area (Å²) in [6.07, 6.45) is 2.90. The number of hydrogen-bond acceptors (Lipinski definition) is 3. The quantitative estimate of drug-likeness (QED) is 0.533. The lowest BCUT2D eigenvalue weighted by atomic mass is 9.92. The van der Waals surface area contributed by atoms with Gasteiger partial charge in [-0.2, -0.15) is 0 Å². The molecule has 3 N–H and O–H groups in total. The van der Waals surface area contributed by atoms with Gasteiger partial charge in [0.2, 0.25) is 0 Å². The highest BCUT2D eigenvalue weighted by atomic mass is 16.2. The number of carbonyl (C=O) groups is 2. The highest BCUT2D eigenvalue weighted by Crippen LogP contribution is 2.21. The van der Waals surface area contributed by atoms with Crippen molar-refractivity contribution in [1.29, 1.82) is 0 Å². The number of imide groups is 1. The molecular weight excluding hydrogens is 182 g/mol. The van der Waals surface area contributed by atoms with Crippen LogP contribution in [0.2, 0.25) is 0 Å². The third-order valence-electron chi connectivity index (χ3n) is 2.93. The second kappa shape index (κ2) is 3.24. The third-order valence-corrected chi connectivity index (χ3v) is 2.93. The van der Waals surface area contributed by atoms with Crippen LogP contribution in [0.3, 0.4) is 0 Å². The molecule has 2 rings (SSSR count). The number of rotatable bonds is 2. The fraction of sp³-hybridized carbons (Fsp3) is 0.778. The third kappa shape index (κ3) is 1.59. The second-order valence-corrected chi connectivity index (χ2v) is 4.24. The Hall–Kier alpha value is -1.10. The van der Waals surface area contributed by atoms with Gasteiger partial charge in [0.05, 0.1) is 0 Å². The Balaban J connectivity index is 2.01. The van der Waals surface area contributed by atoms with E-state index in [9.17, 15) is 9.59 Å². The van der Waals surface area contributed by atoms with Gasteiger partial charge >= 0.3 is 6.03 Å². The minimum atomic E-state index is -0.723. The maximum absolute atomic E-state index is 11.5. The molecule has 2 aliphatic rings. The molecule has 2 unspecified atom stereocenters. The summed E-state index contributed by atoms with van der Waals surface area (Å²) >= 11 is 0. The van der Waals surface area contributed by atoms with Crippen molar-refractivity contribution >= 4 is 11.9 Å². The molecule has 0 saturated carbocycles. The first-order valence-corrected chi connectivity index (χ1v) is 4.97. The van der Waals surface area contributed by atoms with Gasteiger partial charge in [-0.3, -0.25) is 10.1 Å². The largest absolute Gasteiger partial charge is 0.323 e. The van der Waals surface area contributed by atoms with Crippen LogP contribution >= 0.6 is 0 Å². The van der Waals surface area contributed by atoms with E-state index in [0.29, 0.717) is 12.5 Å². The highest BCUT2D eigenvalue weighted by molar-refractivity contribution is 6.06. The van der Waals surface area contributed by atoms with E-state index < -0.39 is 5.54 Å². The van der Waals surface area contributed by atoms with E-state index in [2.05, 4.69) is 16.0 Å². The van der Waals surface area contributed by atoms with Crippen molar-refractivity contribution < 1.29 is 9.59 Å². The Morgan fingerprint density at radius 2 is 2.29 bits per heavy atom. The maximum atomic E-state index is 11.5. The predicted molar refractivity (Wildman–Crippen MR) is 50.7 cm³/mol. The summed E-state index contributed by atoms with van der Waals surface area (Å²) in [5.41, 5.74) is -0.723. The molecule has 0 aromatic carbocycles. The average Bonchev–Trinajstić information content (AvgIpc) is 2.62. The number of urea groups is 1. The molecule has 0 aromatic heterocycles. The lowest BCUT2D eigenvalue weighted by molar-refractivity contribution is -0.123. The lowest BCUT2D eigenvalue weighted by Gasteiger charge is -2.24. The number of nitrogens with one attached hydrogen (secondary N) is 3. The number of carbonyl (C=O) groups excluding carboxylic acids is 2. The van der Waals surface area contributed by atoms with E-state index in [-0.39, 0.29) is 11.9 Å². The summed E-state index contributed by atoms with van der Waals surface area (Å²) in [4.78, 5) is 22.5. The Kier molecular flexibility index (Phi) is 2.19. The average molecular weight is 197 g/mol. The normalized spacial score (nSPS) is 37.1. The molecule has 5 heteroatoms. The molecule has 2 aliphatic heterocycles. The van der Waals surface area contributed by atoms with Crippen LogP contribution in [0.5, 0.6) is 0 Å². The number of amides is 3. The first-order chi connectivity index (χ1) is 6.60. The molecule has 2 atom stereocenters. The van der Waals surface area contributed by atoms with Crippen molar-refractivity contribution in [2.45, 2.75) is 37.8 Å². The van der Waals surface area contributed by atoms with Crippen molar-refractivity contribution in [3.8, 4) is 0 Å². The smallest absolute Gasteiger partial charge is 0.322 e. The van der Waals surface area contributed by atoms with Gasteiger partial charge < -0.3 is 10.6 Å². The molecule has 14 heavy (non-hydrogen) atoms. The summed E-state index contributed by atoms with van der Waals surface area (Å²) < 4.78 is 0. The van der Waals surface area contributed by atoms with Crippen LogP contribution in [-0.2, 0) is 4.79 Å². The monoisotopic (exact) mass is 197 g/mol. The zero-order valence-corrected chi connectivity index (χ0v) is 8.22. The maximum Gasteiger partial charge on any atom is 0.322 e. The minimum Gasteiger partial charge on any atom is -0.323 e. The van der Waals surface area contributed by atoms with E-state index >= 15 is 0 Å². The summed E-state index contributed by atoms with van der Waals surface area (Å²) in [5.74, 6) is -0.212. The van der Waals surface area contributed by atoms with Gasteiger partial charge in [0.15, 0.2) is 0 Å². The van der Waals surface area contributed by atoms with E-state index in [1.807, 2.05) is 0 Å². The summed E-state index contributed by atoms with van der Waals surface area (Å²) in [6.45, 7) is 2.78. The van der Waals surface area contributed by atoms with E-state index in [1.54, 1.807) is 6.92 Å². The molecule has 3 amide bonds. The molecule has 2 fully saturated rings. The zero-order valence-electron chi connectivity index (χ0n) is 8.22. The SMILES string of the molecule is CC1(CC2CCCN2)NC(=O)NC1=O. The van der Waals surface area contributed by atoms with Gasteiger partial charge in [0, 0.05) is 6.04 Å². The standard InChI is InChI=1S/C9H15N3O2/c1-9(5-6-3-2-4-10-6)7(13)11-8(14)12-9/h6,10H,2-5H2,1H3,(H2,11,12,13,14). The predicted octanol–water partition coefficient (Wildman–Crippen LogP) is -0.273. The molecule has 0 aromatic rings. The van der Waals surface area contributed by atoms with Crippen molar-refractivity contribution in [3.05, 3.63) is 0 Å². The van der Waals surface area contributed by atoms with Crippen LogP contribution in [-0.4, -0.2) is 30.1 Å². The molecule has 5 nitrogen and oxygen atoms in total. The van der Waals surface area contributed by atoms with Gasteiger partial charge in [0.25, 0.3) is 5.91 Å². The van der Waals surface area contributed by atoms with Gasteiger partial charge in [-0.1, -0.05) is 0 Å². The Bertz CT molecular complexity index is 273. The molecule has 0 aliphatic carbocycles. The van der Waals surface area contributed by atoms with Gasteiger partial charge in [-0.15, -0.1) is 0 Å². The van der Waals surface area contributed by atoms with Gasteiger partial charge in [-0.05, 0) is 32.7 Å². The van der Waals surface area contributed by atoms with Crippen LogP contribution in [0.15, 0.2) is 0 Å². The van der Waals surface area contributed by atoms with Crippen molar-refractivity contribution in [2.24, 2.45) is 0 Å². The first kappa shape index (κ1) is 9.45. The lowest BCUT2D eigenvalue weighted by Crippen LogP contribution is -2.47. The van der Waals surface area contributed by atoms with Crippen molar-refractivity contribution in [3.63, 3.8) is 0 Å². The Labute approximate surface area is 82.6 Å². The van der Waals surface area contributed by atoms with Crippen LogP contribution in [0.25, 0.3) is 0 Å². The fourth-order valence-corrected chi connectivity index (χ4v) is 2.15. The highest BCUT2D eigenvalue weighted by Gasteiger charge is 2.43. The minimum absolute atomic E-state index is 0.212. The molecule has 0 bridgehead atoms. The Morgan fingerprint density at radius 3 is 2.79 bits per heavy atom. The molecule has 78 valence electrons. The molecule has 2 heterocycles. The number of hydrogen-bond donors (Lipinski definition) is 3. The summed E-state index contributed by atoms with van der Waals surface area (Å²) in [6, 6.07) is -0.0281. The van der Waals surface area contributed by atoms with Gasteiger partial charge in [-0.25, -0.2) is 4.79 Å². The Morgan fingerprint density at radius 1 is 1.50 bits per heavy atom. The van der Waals surface area contributed by atoms with Crippen LogP contribution in [0.4, 0.5) is 4.79 Å². The topological polar surface area (TPSA) is 70.2 Å². The summed E-state index contributed by atoms with van der Waals surface area (Å²) in [5, 5.41) is 8.24. The molecule has 0 spiro atoms. The van der Waals surface area contributed by atoms with Crippen LogP contribution < -0.4 is 16.0 Å². The van der Waals surface area contributed by atoms with E-state index in [4.69, 9.17) is 0 Å². The molecule has 0 radical (unpaired) electrons. The van der Waals surface area contributed by atoms with Crippen molar-refractivity contribution in [1.82, 2.24) is 16.0 Å². The van der Waals surface area contributed by atoms with Crippen LogP contribution in [0, 0.1) is 0 Å². The second-order valence-electron chi connectivity index (χ2n) is 4.24. The molecular formula is C9H15N3O2. The zero-order chi connectivity index (χ0) is 10.2. The van der Waals surface area contributed by atoms with Crippen molar-refractivity contribution in [2.75, 3.05) is 6.54 Å². The van der Waals surface area contributed by atoms with Crippen LogP contribution in [0.1, 0.15) is 26.2 Å². The fourth-order valence-electron chi connectivity index (χ4n) is 2.15.